The van der Waals surface area contributed by atoms with Crippen LogP contribution in [0.4, 0.5) is 0 Å². The molecule has 4 atom stereocenters. The lowest BCUT2D eigenvalue weighted by Gasteiger charge is -2.18. The molecule has 5 nitrogen and oxygen atoms in total. The minimum Gasteiger partial charge on any atom is -0.478 e. The Kier molecular flexibility index (Phi) is 2.97. The standard InChI is InChI=1S/C15H18O5/c1-8-10-6-5-9(13(16)17)4-3-7-15(2)12(20-15)11(10)19-14(8)18/h4,10-12H,1,3,5-7H2,2H3,(H,16,17)/b9-4+/t10-,11-,12-,15+/m0/s1. The van der Waals surface area contributed by atoms with E-state index in [1.165, 1.54) is 0 Å². The predicted molar refractivity (Wildman–Crippen MR) is 70.0 cm³/mol. The van der Waals surface area contributed by atoms with Gasteiger partial charge in [0, 0.05) is 17.1 Å². The van der Waals surface area contributed by atoms with Gasteiger partial charge in [0.1, 0.15) is 12.2 Å². The minimum atomic E-state index is -0.892. The number of hydrogen-bond donors (Lipinski definition) is 1. The molecule has 0 saturated carbocycles. The second kappa shape index (κ2) is 4.45. The highest BCUT2D eigenvalue weighted by Gasteiger charge is 2.61. The third kappa shape index (κ3) is 2.06. The minimum absolute atomic E-state index is 0.0875. The largest absolute Gasteiger partial charge is 0.478 e. The Balaban J connectivity index is 1.88. The lowest BCUT2D eigenvalue weighted by molar-refractivity contribution is -0.140. The van der Waals surface area contributed by atoms with Gasteiger partial charge in [-0.25, -0.2) is 9.59 Å². The summed E-state index contributed by atoms with van der Waals surface area (Å²) in [5.41, 5.74) is 0.530. The summed E-state index contributed by atoms with van der Waals surface area (Å²) in [4.78, 5) is 22.9. The summed E-state index contributed by atoms with van der Waals surface area (Å²) in [6.07, 6.45) is 3.76. The van der Waals surface area contributed by atoms with Crippen LogP contribution in [-0.4, -0.2) is 34.9 Å². The van der Waals surface area contributed by atoms with Crippen LogP contribution in [0.1, 0.15) is 32.6 Å². The number of carboxylic acid groups (broad SMARTS) is 1. The number of aliphatic carboxylic acids is 1. The van der Waals surface area contributed by atoms with Crippen LogP contribution in [0.25, 0.3) is 0 Å². The molecule has 0 unspecified atom stereocenters. The second-order valence-corrected chi connectivity index (χ2v) is 5.96. The normalized spacial score (nSPS) is 42.9. The summed E-state index contributed by atoms with van der Waals surface area (Å²) in [7, 11) is 0. The van der Waals surface area contributed by atoms with Crippen LogP contribution < -0.4 is 0 Å². The summed E-state index contributed by atoms with van der Waals surface area (Å²) >= 11 is 0. The molecule has 1 N–H and O–H groups in total. The van der Waals surface area contributed by atoms with Gasteiger partial charge < -0.3 is 14.6 Å². The Bertz CT molecular complexity index is 520. The van der Waals surface area contributed by atoms with Gasteiger partial charge in [0.15, 0.2) is 0 Å². The van der Waals surface area contributed by atoms with Gasteiger partial charge in [-0.3, -0.25) is 0 Å². The summed E-state index contributed by atoms with van der Waals surface area (Å²) in [5.74, 6) is -1.41. The molecule has 5 heteroatoms. The van der Waals surface area contributed by atoms with Crippen LogP contribution in [0.5, 0.6) is 0 Å². The molecule has 3 aliphatic rings. The molecule has 2 fully saturated rings. The predicted octanol–water partition coefficient (Wildman–Crippen LogP) is 1.83. The summed E-state index contributed by atoms with van der Waals surface area (Å²) in [6.45, 7) is 5.78. The highest BCUT2D eigenvalue weighted by atomic mass is 16.6. The molecule has 20 heavy (non-hydrogen) atoms. The molecule has 2 aliphatic heterocycles. The van der Waals surface area contributed by atoms with Crippen molar-refractivity contribution in [3.63, 3.8) is 0 Å². The average Bonchev–Trinajstić information content (AvgIpc) is 2.97. The van der Waals surface area contributed by atoms with Crippen LogP contribution >= 0.6 is 0 Å². The van der Waals surface area contributed by atoms with E-state index in [0.717, 1.165) is 6.42 Å². The maximum absolute atomic E-state index is 11.7. The lowest BCUT2D eigenvalue weighted by atomic mass is 9.84. The average molecular weight is 278 g/mol. The van der Waals surface area contributed by atoms with Gasteiger partial charge in [-0.05, 0) is 32.6 Å². The lowest BCUT2D eigenvalue weighted by Crippen LogP contribution is -2.29. The summed E-state index contributed by atoms with van der Waals surface area (Å²) in [5, 5.41) is 9.20. The SMILES string of the molecule is C=C1C(=O)O[C@H]2[C@H]1CC/C(C(=O)O)=C\CC[C@@]1(C)O[C@@H]21. The Morgan fingerprint density at radius 3 is 3.00 bits per heavy atom. The Labute approximate surface area is 117 Å². The summed E-state index contributed by atoms with van der Waals surface area (Å²) in [6, 6.07) is 0. The number of fused-ring (bicyclic) bond motifs is 3. The van der Waals surface area contributed by atoms with Gasteiger partial charge in [-0.15, -0.1) is 0 Å². The van der Waals surface area contributed by atoms with E-state index >= 15 is 0 Å². The van der Waals surface area contributed by atoms with Gasteiger partial charge >= 0.3 is 11.9 Å². The molecule has 0 radical (unpaired) electrons. The number of esters is 1. The Hall–Kier alpha value is -1.62. The zero-order valence-corrected chi connectivity index (χ0v) is 11.4. The second-order valence-electron chi connectivity index (χ2n) is 5.96. The maximum Gasteiger partial charge on any atom is 0.334 e. The van der Waals surface area contributed by atoms with E-state index < -0.39 is 5.97 Å². The van der Waals surface area contributed by atoms with Gasteiger partial charge in [-0.1, -0.05) is 12.7 Å². The van der Waals surface area contributed by atoms with Crippen molar-refractivity contribution >= 4 is 11.9 Å². The van der Waals surface area contributed by atoms with Gasteiger partial charge in [0.25, 0.3) is 0 Å². The molecule has 0 spiro atoms. The first-order chi connectivity index (χ1) is 9.42. The number of rotatable bonds is 1. The first kappa shape index (κ1) is 13.4. The maximum atomic E-state index is 11.7. The van der Waals surface area contributed by atoms with Crippen LogP contribution in [0, 0.1) is 5.92 Å². The van der Waals surface area contributed by atoms with Crippen molar-refractivity contribution in [3.8, 4) is 0 Å². The fourth-order valence-electron chi connectivity index (χ4n) is 3.25. The zero-order chi connectivity index (χ0) is 14.5. The summed E-state index contributed by atoms with van der Waals surface area (Å²) < 4.78 is 11.1. The first-order valence-corrected chi connectivity index (χ1v) is 6.92. The Morgan fingerprint density at radius 1 is 1.55 bits per heavy atom. The molecular weight excluding hydrogens is 260 g/mol. The van der Waals surface area contributed by atoms with Gasteiger partial charge in [-0.2, -0.15) is 0 Å². The van der Waals surface area contributed by atoms with E-state index in [0.29, 0.717) is 30.4 Å². The van der Waals surface area contributed by atoms with Crippen molar-refractivity contribution in [3.05, 3.63) is 23.8 Å². The van der Waals surface area contributed by atoms with Crippen molar-refractivity contribution in [2.45, 2.75) is 50.4 Å². The van der Waals surface area contributed by atoms with Crippen molar-refractivity contribution in [2.24, 2.45) is 5.92 Å². The highest BCUT2D eigenvalue weighted by Crippen LogP contribution is 2.49. The van der Waals surface area contributed by atoms with E-state index in [-0.39, 0.29) is 29.7 Å². The van der Waals surface area contributed by atoms with E-state index in [1.54, 1.807) is 6.08 Å². The molecule has 0 aromatic rings. The van der Waals surface area contributed by atoms with Crippen molar-refractivity contribution in [2.75, 3.05) is 0 Å². The van der Waals surface area contributed by atoms with E-state index in [4.69, 9.17) is 9.47 Å². The van der Waals surface area contributed by atoms with Gasteiger partial charge in [0.2, 0.25) is 0 Å². The fraction of sp³-hybridized carbons (Fsp3) is 0.600. The molecule has 2 heterocycles. The van der Waals surface area contributed by atoms with E-state index in [9.17, 15) is 14.7 Å². The number of hydrogen-bond acceptors (Lipinski definition) is 4. The monoisotopic (exact) mass is 278 g/mol. The van der Waals surface area contributed by atoms with Crippen molar-refractivity contribution in [1.29, 1.82) is 0 Å². The molecule has 108 valence electrons. The molecule has 1 aliphatic carbocycles. The molecule has 3 rings (SSSR count). The molecular formula is C15H18O5. The molecule has 0 amide bonds. The quantitative estimate of drug-likeness (QED) is 0.450. The fourth-order valence-corrected chi connectivity index (χ4v) is 3.25. The van der Waals surface area contributed by atoms with Crippen molar-refractivity contribution in [1.82, 2.24) is 0 Å². The number of carboxylic acids is 1. The molecule has 0 bridgehead atoms. The van der Waals surface area contributed by atoms with Crippen LogP contribution in [0.15, 0.2) is 23.8 Å². The molecule has 0 aromatic heterocycles. The number of epoxide rings is 1. The molecule has 0 aromatic carbocycles. The van der Waals surface area contributed by atoms with E-state index in [1.807, 2.05) is 6.92 Å². The van der Waals surface area contributed by atoms with Crippen LogP contribution in [0.2, 0.25) is 0 Å². The topological polar surface area (TPSA) is 76.1 Å². The van der Waals surface area contributed by atoms with Crippen LogP contribution in [0.3, 0.4) is 0 Å². The smallest absolute Gasteiger partial charge is 0.334 e. The third-order valence-corrected chi connectivity index (χ3v) is 4.62. The zero-order valence-electron chi connectivity index (χ0n) is 11.4. The van der Waals surface area contributed by atoms with Crippen molar-refractivity contribution < 1.29 is 24.2 Å². The van der Waals surface area contributed by atoms with Gasteiger partial charge in [0.05, 0.1) is 5.60 Å². The highest BCUT2D eigenvalue weighted by molar-refractivity contribution is 5.91. The number of carbonyl (C=O) groups is 2. The Morgan fingerprint density at radius 2 is 2.30 bits per heavy atom. The number of allylic oxidation sites excluding steroid dienone is 1. The molecule has 2 saturated heterocycles. The van der Waals surface area contributed by atoms with E-state index in [2.05, 4.69) is 6.58 Å². The van der Waals surface area contributed by atoms with Crippen LogP contribution in [-0.2, 0) is 19.1 Å². The first-order valence-electron chi connectivity index (χ1n) is 6.92. The number of ether oxygens (including phenoxy) is 2. The third-order valence-electron chi connectivity index (χ3n) is 4.62. The number of carbonyl (C=O) groups excluding carboxylic acids is 1.